The van der Waals surface area contributed by atoms with Crippen molar-refractivity contribution in [2.24, 2.45) is 0 Å². The van der Waals surface area contributed by atoms with Crippen LogP contribution in [-0.2, 0) is 0 Å². The fourth-order valence-corrected chi connectivity index (χ4v) is 2.79. The molecule has 1 saturated heterocycles. The molecule has 0 radical (unpaired) electrons. The lowest BCUT2D eigenvalue weighted by molar-refractivity contribution is 0.370. The summed E-state index contributed by atoms with van der Waals surface area (Å²) in [6.45, 7) is 3.38. The second kappa shape index (κ2) is 7.39. The van der Waals surface area contributed by atoms with Crippen molar-refractivity contribution >= 4 is 5.69 Å². The van der Waals surface area contributed by atoms with Crippen LogP contribution in [0.25, 0.3) is 0 Å². The quantitative estimate of drug-likeness (QED) is 0.839. The maximum absolute atomic E-state index is 5.42. The van der Waals surface area contributed by atoms with Crippen molar-refractivity contribution < 1.29 is 9.47 Å². The number of anilines is 1. The van der Waals surface area contributed by atoms with Gasteiger partial charge in [0.05, 0.1) is 19.9 Å². The number of nitrogens with one attached hydrogen (secondary N) is 2. The highest BCUT2D eigenvalue weighted by molar-refractivity contribution is 5.59. The van der Waals surface area contributed by atoms with Gasteiger partial charge in [-0.25, -0.2) is 0 Å². The van der Waals surface area contributed by atoms with Gasteiger partial charge in [0.2, 0.25) is 0 Å². The Balaban J connectivity index is 1.94. The van der Waals surface area contributed by atoms with Gasteiger partial charge in [0.1, 0.15) is 11.5 Å². The first-order chi connectivity index (χ1) is 9.72. The zero-order valence-corrected chi connectivity index (χ0v) is 12.7. The summed E-state index contributed by atoms with van der Waals surface area (Å²) in [5.74, 6) is 1.64. The van der Waals surface area contributed by atoms with E-state index in [1.54, 1.807) is 14.2 Å². The third-order valence-corrected chi connectivity index (χ3v) is 3.86. The molecule has 1 fully saturated rings. The lowest BCUT2D eigenvalue weighted by Crippen LogP contribution is -2.37. The van der Waals surface area contributed by atoms with Gasteiger partial charge in [-0.3, -0.25) is 0 Å². The van der Waals surface area contributed by atoms with Crippen molar-refractivity contribution in [1.82, 2.24) is 5.32 Å². The molecule has 1 aromatic rings. The second-order valence-corrected chi connectivity index (χ2v) is 5.49. The highest BCUT2D eigenvalue weighted by atomic mass is 16.5. The maximum atomic E-state index is 5.42. The molecule has 0 amide bonds. The molecule has 1 heterocycles. The average Bonchev–Trinajstić information content (AvgIpc) is 2.48. The zero-order valence-electron chi connectivity index (χ0n) is 12.7. The molecule has 2 atom stereocenters. The normalized spacial score (nSPS) is 20.2. The Hall–Kier alpha value is -1.42. The molecule has 0 aromatic heterocycles. The molecule has 1 aliphatic heterocycles. The molecular weight excluding hydrogens is 252 g/mol. The van der Waals surface area contributed by atoms with Crippen LogP contribution in [0.5, 0.6) is 11.5 Å². The highest BCUT2D eigenvalue weighted by Gasteiger charge is 2.16. The minimum Gasteiger partial charge on any atom is -0.497 e. The Bertz CT molecular complexity index is 417. The van der Waals surface area contributed by atoms with Crippen molar-refractivity contribution in [3.05, 3.63) is 18.2 Å². The Labute approximate surface area is 121 Å². The minimum atomic E-state index is 0.410. The van der Waals surface area contributed by atoms with Crippen LogP contribution in [0.4, 0.5) is 5.69 Å². The summed E-state index contributed by atoms with van der Waals surface area (Å²) in [5, 5.41) is 7.13. The standard InChI is InChI=1S/C16H26N2O2/c1-12(10-13-6-4-5-9-17-13)18-15-8-7-14(19-2)11-16(15)20-3/h7-8,11-13,17-18H,4-6,9-10H2,1-3H3. The summed E-state index contributed by atoms with van der Waals surface area (Å²) >= 11 is 0. The van der Waals surface area contributed by atoms with Crippen LogP contribution in [-0.4, -0.2) is 32.8 Å². The van der Waals surface area contributed by atoms with Crippen molar-refractivity contribution in [2.75, 3.05) is 26.1 Å². The van der Waals surface area contributed by atoms with Crippen molar-refractivity contribution in [2.45, 2.75) is 44.7 Å². The van der Waals surface area contributed by atoms with Crippen LogP contribution >= 0.6 is 0 Å². The average molecular weight is 278 g/mol. The first-order valence-electron chi connectivity index (χ1n) is 7.45. The molecule has 112 valence electrons. The van der Waals surface area contributed by atoms with Gasteiger partial charge in [-0.05, 0) is 44.9 Å². The van der Waals surface area contributed by atoms with Crippen LogP contribution < -0.4 is 20.1 Å². The van der Waals surface area contributed by atoms with Gasteiger partial charge in [-0.2, -0.15) is 0 Å². The van der Waals surface area contributed by atoms with Gasteiger partial charge < -0.3 is 20.1 Å². The topological polar surface area (TPSA) is 42.5 Å². The van der Waals surface area contributed by atoms with E-state index in [-0.39, 0.29) is 0 Å². The molecule has 1 aliphatic rings. The molecule has 4 nitrogen and oxygen atoms in total. The summed E-state index contributed by atoms with van der Waals surface area (Å²) in [6.07, 6.45) is 5.07. The number of piperidine rings is 1. The fourth-order valence-electron chi connectivity index (χ4n) is 2.79. The molecule has 1 aromatic carbocycles. The Morgan fingerprint density at radius 3 is 2.80 bits per heavy atom. The Morgan fingerprint density at radius 2 is 2.15 bits per heavy atom. The largest absolute Gasteiger partial charge is 0.497 e. The zero-order chi connectivity index (χ0) is 14.4. The van der Waals surface area contributed by atoms with Crippen molar-refractivity contribution in [1.29, 1.82) is 0 Å². The molecule has 2 N–H and O–H groups in total. The molecule has 0 spiro atoms. The number of ether oxygens (including phenoxy) is 2. The number of hydrogen-bond donors (Lipinski definition) is 2. The van der Waals surface area contributed by atoms with Crippen molar-refractivity contribution in [3.63, 3.8) is 0 Å². The van der Waals surface area contributed by atoms with E-state index in [2.05, 4.69) is 17.6 Å². The molecule has 2 unspecified atom stereocenters. The molecule has 0 aliphatic carbocycles. The van der Waals surface area contributed by atoms with Crippen LogP contribution in [0.2, 0.25) is 0 Å². The Kier molecular flexibility index (Phi) is 5.53. The summed E-state index contributed by atoms with van der Waals surface area (Å²) in [6, 6.07) is 6.93. The molecule has 20 heavy (non-hydrogen) atoms. The summed E-state index contributed by atoms with van der Waals surface area (Å²) in [4.78, 5) is 0. The van der Waals surface area contributed by atoms with E-state index in [4.69, 9.17) is 9.47 Å². The predicted molar refractivity (Wildman–Crippen MR) is 82.9 cm³/mol. The summed E-state index contributed by atoms with van der Waals surface area (Å²) in [5.41, 5.74) is 1.02. The van der Waals surface area contributed by atoms with E-state index in [9.17, 15) is 0 Å². The number of methoxy groups -OCH3 is 2. The SMILES string of the molecule is COc1ccc(NC(C)CC2CCCCN2)c(OC)c1. The molecule has 2 rings (SSSR count). The maximum Gasteiger partial charge on any atom is 0.145 e. The van der Waals surface area contributed by atoms with Gasteiger partial charge in [0.15, 0.2) is 0 Å². The third kappa shape index (κ3) is 4.04. The van der Waals surface area contributed by atoms with E-state index < -0.39 is 0 Å². The molecule has 0 saturated carbocycles. The van der Waals surface area contributed by atoms with E-state index in [1.807, 2.05) is 18.2 Å². The first kappa shape index (κ1) is 15.0. The second-order valence-electron chi connectivity index (χ2n) is 5.49. The first-order valence-corrected chi connectivity index (χ1v) is 7.45. The molecule has 0 bridgehead atoms. The van der Waals surface area contributed by atoms with Crippen LogP contribution in [0, 0.1) is 0 Å². The third-order valence-electron chi connectivity index (χ3n) is 3.86. The number of rotatable bonds is 6. The summed E-state index contributed by atoms with van der Waals surface area (Å²) < 4.78 is 10.6. The van der Waals surface area contributed by atoms with Gasteiger partial charge in [0, 0.05) is 18.2 Å². The van der Waals surface area contributed by atoms with Crippen LogP contribution in [0.3, 0.4) is 0 Å². The van der Waals surface area contributed by atoms with E-state index in [0.29, 0.717) is 12.1 Å². The monoisotopic (exact) mass is 278 g/mol. The van der Waals surface area contributed by atoms with E-state index in [1.165, 1.54) is 19.3 Å². The predicted octanol–water partition coefficient (Wildman–Crippen LogP) is 3.04. The Morgan fingerprint density at radius 1 is 1.30 bits per heavy atom. The highest BCUT2D eigenvalue weighted by Crippen LogP contribution is 2.30. The number of benzene rings is 1. The number of hydrogen-bond acceptors (Lipinski definition) is 4. The fraction of sp³-hybridized carbons (Fsp3) is 0.625. The van der Waals surface area contributed by atoms with E-state index >= 15 is 0 Å². The lowest BCUT2D eigenvalue weighted by atomic mass is 9.98. The van der Waals surface area contributed by atoms with E-state index in [0.717, 1.165) is 30.2 Å². The lowest BCUT2D eigenvalue weighted by Gasteiger charge is -2.27. The minimum absolute atomic E-state index is 0.410. The van der Waals surface area contributed by atoms with Gasteiger partial charge in [0.25, 0.3) is 0 Å². The molecule has 4 heteroatoms. The smallest absolute Gasteiger partial charge is 0.145 e. The van der Waals surface area contributed by atoms with Crippen molar-refractivity contribution in [3.8, 4) is 11.5 Å². The van der Waals surface area contributed by atoms with Crippen LogP contribution in [0.15, 0.2) is 18.2 Å². The van der Waals surface area contributed by atoms with Gasteiger partial charge in [-0.15, -0.1) is 0 Å². The molecular formula is C16H26N2O2. The van der Waals surface area contributed by atoms with Gasteiger partial charge >= 0.3 is 0 Å². The van der Waals surface area contributed by atoms with Gasteiger partial charge in [-0.1, -0.05) is 6.42 Å². The van der Waals surface area contributed by atoms with Crippen LogP contribution in [0.1, 0.15) is 32.6 Å². The summed E-state index contributed by atoms with van der Waals surface area (Å²) in [7, 11) is 3.35.